The highest BCUT2D eigenvalue weighted by Gasteiger charge is 2.15. The number of anilines is 1. The summed E-state index contributed by atoms with van der Waals surface area (Å²) in [6, 6.07) is 1.90. The molecule has 3 N–H and O–H groups in total. The van der Waals surface area contributed by atoms with Gasteiger partial charge in [0.25, 0.3) is 0 Å². The quantitative estimate of drug-likeness (QED) is 0.742. The van der Waals surface area contributed by atoms with Crippen LogP contribution in [0.15, 0.2) is 18.6 Å². The Morgan fingerprint density at radius 2 is 2.15 bits per heavy atom. The number of hydrogen-bond donors (Lipinski definition) is 3. The molecule has 2 heterocycles. The zero-order chi connectivity index (χ0) is 14.6. The third-order valence-electron chi connectivity index (χ3n) is 2.44. The first-order chi connectivity index (χ1) is 9.46. The average Bonchev–Trinajstić information content (AvgIpc) is 2.81. The van der Waals surface area contributed by atoms with E-state index in [1.165, 1.54) is 6.33 Å². The molecule has 2 rings (SSSR count). The Labute approximate surface area is 117 Å². The minimum Gasteiger partial charge on any atom is -0.444 e. The predicted octanol–water partition coefficient (Wildman–Crippen LogP) is 1.89. The molecule has 0 radical (unpaired) electrons. The number of carbonyl (C=O) groups excluding carboxylic acids is 1. The van der Waals surface area contributed by atoms with Crippen LogP contribution in [0.2, 0.25) is 0 Å². The molecule has 0 fully saturated rings. The van der Waals surface area contributed by atoms with Crippen LogP contribution in [0.1, 0.15) is 20.8 Å². The summed E-state index contributed by atoms with van der Waals surface area (Å²) in [5.41, 5.74) is 0.296. The highest BCUT2D eigenvalue weighted by atomic mass is 16.6. The van der Waals surface area contributed by atoms with Gasteiger partial charge in [0, 0.05) is 19.3 Å². The molecular weight excluding hydrogens is 258 g/mol. The molecule has 2 aromatic rings. The van der Waals surface area contributed by atoms with E-state index >= 15 is 0 Å². The Morgan fingerprint density at radius 3 is 2.90 bits per heavy atom. The minimum absolute atomic E-state index is 0.422. The number of rotatable bonds is 4. The SMILES string of the molecule is CC(C)(C)OC(=O)NCCNc1ncnc2[nH]ccc12. The zero-order valence-corrected chi connectivity index (χ0v) is 11.9. The van der Waals surface area contributed by atoms with Crippen molar-refractivity contribution < 1.29 is 9.53 Å². The van der Waals surface area contributed by atoms with Crippen molar-refractivity contribution in [2.75, 3.05) is 18.4 Å². The van der Waals surface area contributed by atoms with Gasteiger partial charge in [-0.1, -0.05) is 0 Å². The summed E-state index contributed by atoms with van der Waals surface area (Å²) in [5, 5.41) is 6.75. The van der Waals surface area contributed by atoms with Crippen LogP contribution in [0.25, 0.3) is 11.0 Å². The van der Waals surface area contributed by atoms with E-state index in [0.717, 1.165) is 16.9 Å². The van der Waals surface area contributed by atoms with Gasteiger partial charge in [-0.2, -0.15) is 0 Å². The highest BCUT2D eigenvalue weighted by Crippen LogP contribution is 2.16. The number of carbonyl (C=O) groups is 1. The van der Waals surface area contributed by atoms with Gasteiger partial charge in [-0.05, 0) is 26.8 Å². The molecule has 1 amide bonds. The van der Waals surface area contributed by atoms with Gasteiger partial charge in [0.1, 0.15) is 23.4 Å². The van der Waals surface area contributed by atoms with Gasteiger partial charge in [0.15, 0.2) is 0 Å². The minimum atomic E-state index is -0.485. The fraction of sp³-hybridized carbons (Fsp3) is 0.462. The normalized spacial score (nSPS) is 11.3. The van der Waals surface area contributed by atoms with E-state index in [1.54, 1.807) is 0 Å². The second-order valence-corrected chi connectivity index (χ2v) is 5.32. The lowest BCUT2D eigenvalue weighted by molar-refractivity contribution is 0.0530. The summed E-state index contributed by atoms with van der Waals surface area (Å²) >= 11 is 0. The smallest absolute Gasteiger partial charge is 0.407 e. The lowest BCUT2D eigenvalue weighted by Gasteiger charge is -2.19. The topological polar surface area (TPSA) is 91.9 Å². The molecule has 2 aromatic heterocycles. The number of nitrogens with one attached hydrogen (secondary N) is 3. The lowest BCUT2D eigenvalue weighted by atomic mass is 10.2. The largest absolute Gasteiger partial charge is 0.444 e. The standard InChI is InChI=1S/C13H19N5O2/c1-13(2,3)20-12(19)16-7-6-15-11-9-4-5-14-10(9)17-8-18-11/h4-5,8H,6-7H2,1-3H3,(H,16,19)(H2,14,15,17,18). The summed E-state index contributed by atoms with van der Waals surface area (Å²) in [7, 11) is 0. The van der Waals surface area contributed by atoms with E-state index in [9.17, 15) is 4.79 Å². The molecule has 20 heavy (non-hydrogen) atoms. The molecule has 0 saturated carbocycles. The summed E-state index contributed by atoms with van der Waals surface area (Å²) in [5.74, 6) is 0.738. The average molecular weight is 277 g/mol. The van der Waals surface area contributed by atoms with Gasteiger partial charge in [0.05, 0.1) is 5.39 Å². The third-order valence-corrected chi connectivity index (χ3v) is 2.44. The first-order valence-electron chi connectivity index (χ1n) is 6.44. The maximum absolute atomic E-state index is 11.4. The number of hydrogen-bond acceptors (Lipinski definition) is 5. The van der Waals surface area contributed by atoms with Gasteiger partial charge < -0.3 is 20.4 Å². The molecule has 0 unspecified atom stereocenters. The molecule has 0 aromatic carbocycles. The van der Waals surface area contributed by atoms with Crippen LogP contribution < -0.4 is 10.6 Å². The molecule has 7 nitrogen and oxygen atoms in total. The van der Waals surface area contributed by atoms with E-state index < -0.39 is 11.7 Å². The maximum Gasteiger partial charge on any atom is 0.407 e. The Kier molecular flexibility index (Phi) is 4.07. The Balaban J connectivity index is 1.79. The Morgan fingerprint density at radius 1 is 1.35 bits per heavy atom. The number of fused-ring (bicyclic) bond motifs is 1. The summed E-state index contributed by atoms with van der Waals surface area (Å²) in [6.07, 6.45) is 2.88. The molecule has 0 spiro atoms. The number of amides is 1. The van der Waals surface area contributed by atoms with Crippen molar-refractivity contribution in [3.8, 4) is 0 Å². The molecule has 0 aliphatic heterocycles. The van der Waals surface area contributed by atoms with Crippen LogP contribution in [0.3, 0.4) is 0 Å². The number of aromatic amines is 1. The van der Waals surface area contributed by atoms with Gasteiger partial charge in [-0.15, -0.1) is 0 Å². The molecule has 0 aliphatic carbocycles. The first-order valence-corrected chi connectivity index (χ1v) is 6.44. The number of aromatic nitrogens is 3. The van der Waals surface area contributed by atoms with Crippen molar-refractivity contribution in [3.63, 3.8) is 0 Å². The van der Waals surface area contributed by atoms with Crippen molar-refractivity contribution in [1.82, 2.24) is 20.3 Å². The molecular formula is C13H19N5O2. The molecule has 0 bridgehead atoms. The highest BCUT2D eigenvalue weighted by molar-refractivity contribution is 5.86. The van der Waals surface area contributed by atoms with Gasteiger partial charge in [0.2, 0.25) is 0 Å². The number of ether oxygens (including phenoxy) is 1. The van der Waals surface area contributed by atoms with E-state index in [2.05, 4.69) is 25.6 Å². The van der Waals surface area contributed by atoms with Crippen molar-refractivity contribution in [2.45, 2.75) is 26.4 Å². The van der Waals surface area contributed by atoms with Gasteiger partial charge in [-0.25, -0.2) is 14.8 Å². The van der Waals surface area contributed by atoms with Crippen molar-refractivity contribution in [3.05, 3.63) is 18.6 Å². The fourth-order valence-electron chi connectivity index (χ4n) is 1.67. The van der Waals surface area contributed by atoms with Crippen molar-refractivity contribution >= 4 is 22.9 Å². The van der Waals surface area contributed by atoms with Crippen LogP contribution in [-0.2, 0) is 4.74 Å². The van der Waals surface area contributed by atoms with Crippen molar-refractivity contribution in [2.24, 2.45) is 0 Å². The van der Waals surface area contributed by atoms with Crippen LogP contribution in [0, 0.1) is 0 Å². The molecule has 0 saturated heterocycles. The second kappa shape index (κ2) is 5.77. The van der Waals surface area contributed by atoms with E-state index in [0.29, 0.717) is 13.1 Å². The van der Waals surface area contributed by atoms with Gasteiger partial charge in [-0.3, -0.25) is 0 Å². The Hall–Kier alpha value is -2.31. The van der Waals surface area contributed by atoms with Crippen LogP contribution in [0.4, 0.5) is 10.6 Å². The van der Waals surface area contributed by atoms with E-state index in [-0.39, 0.29) is 0 Å². The summed E-state index contributed by atoms with van der Waals surface area (Å²) in [4.78, 5) is 22.7. The monoisotopic (exact) mass is 277 g/mol. The van der Waals surface area contributed by atoms with Crippen LogP contribution >= 0.6 is 0 Å². The zero-order valence-electron chi connectivity index (χ0n) is 11.9. The second-order valence-electron chi connectivity index (χ2n) is 5.32. The molecule has 7 heteroatoms. The van der Waals surface area contributed by atoms with Crippen molar-refractivity contribution in [1.29, 1.82) is 0 Å². The molecule has 0 aliphatic rings. The molecule has 108 valence electrons. The first kappa shape index (κ1) is 14.1. The van der Waals surface area contributed by atoms with Crippen LogP contribution in [0.5, 0.6) is 0 Å². The predicted molar refractivity (Wildman–Crippen MR) is 76.6 cm³/mol. The number of nitrogens with zero attached hydrogens (tertiary/aromatic N) is 2. The summed E-state index contributed by atoms with van der Waals surface area (Å²) in [6.45, 7) is 6.48. The van der Waals surface area contributed by atoms with E-state index in [4.69, 9.17) is 4.74 Å². The lowest BCUT2D eigenvalue weighted by Crippen LogP contribution is -2.35. The Bertz CT molecular complexity index is 588. The third kappa shape index (κ3) is 3.84. The number of H-pyrrole nitrogens is 1. The molecule has 0 atom stereocenters. The van der Waals surface area contributed by atoms with Gasteiger partial charge >= 0.3 is 6.09 Å². The van der Waals surface area contributed by atoms with Crippen LogP contribution in [-0.4, -0.2) is 39.7 Å². The van der Waals surface area contributed by atoms with E-state index in [1.807, 2.05) is 33.0 Å². The fourth-order valence-corrected chi connectivity index (χ4v) is 1.67. The number of alkyl carbamates (subject to hydrolysis) is 1. The summed E-state index contributed by atoms with van der Waals surface area (Å²) < 4.78 is 5.14. The maximum atomic E-state index is 11.4.